The van der Waals surface area contributed by atoms with Crippen molar-refractivity contribution in [1.29, 1.82) is 0 Å². The molecule has 1 aromatic rings. The Morgan fingerprint density at radius 2 is 1.83 bits per heavy atom. The molecular weight excluding hydrogens is 490 g/mol. The number of esters is 1. The maximum absolute atomic E-state index is 15.3. The highest BCUT2D eigenvalue weighted by atomic mass is 32.1. The highest BCUT2D eigenvalue weighted by molar-refractivity contribution is 7.87. The molecule has 202 valence electrons. The van der Waals surface area contributed by atoms with Gasteiger partial charge in [-0.3, -0.25) is 9.80 Å². The van der Waals surface area contributed by atoms with E-state index in [0.717, 1.165) is 21.6 Å². The van der Waals surface area contributed by atoms with Crippen molar-refractivity contribution in [2.24, 2.45) is 0 Å². The molecule has 2 rings (SSSR count). The van der Waals surface area contributed by atoms with Gasteiger partial charge in [0.15, 0.2) is 5.60 Å². The summed E-state index contributed by atoms with van der Waals surface area (Å²) >= 11 is 1.15. The molecule has 0 saturated carbocycles. The minimum absolute atomic E-state index is 0.0201. The molecule has 7 nitrogen and oxygen atoms in total. The van der Waals surface area contributed by atoms with Crippen LogP contribution in [0.3, 0.4) is 0 Å². The van der Waals surface area contributed by atoms with Crippen LogP contribution in [0.25, 0.3) is 0 Å². The SMILES string of the molecule is CCN(CCOC(C)(C)C(=O)OCc1ccccc1)[C@@H]1[C@H](C#SC)N(C(=O)OC(C)(C)C)CC1(F)F. The van der Waals surface area contributed by atoms with Crippen molar-refractivity contribution >= 4 is 23.2 Å². The number of carbonyl (C=O) groups is 2. The van der Waals surface area contributed by atoms with Crippen LogP contribution in [0.1, 0.15) is 47.1 Å². The Balaban J connectivity index is 2.06. The maximum Gasteiger partial charge on any atom is 0.411 e. The minimum atomic E-state index is -3.19. The number of likely N-dealkylation sites (N-methyl/N-ethyl adjacent to an activating group) is 1. The van der Waals surface area contributed by atoms with Crippen molar-refractivity contribution in [2.75, 3.05) is 32.5 Å². The number of likely N-dealkylation sites (tertiary alicyclic amines) is 1. The molecule has 1 heterocycles. The second-order valence-corrected chi connectivity index (χ2v) is 10.8. The van der Waals surface area contributed by atoms with Gasteiger partial charge in [-0.2, -0.15) is 0 Å². The molecule has 0 radical (unpaired) electrons. The normalized spacial score (nSPS) is 19.7. The summed E-state index contributed by atoms with van der Waals surface area (Å²) in [6, 6.07) is 6.99. The molecule has 1 aliphatic heterocycles. The first-order valence-corrected chi connectivity index (χ1v) is 13.2. The van der Waals surface area contributed by atoms with E-state index in [1.54, 1.807) is 52.7 Å². The highest BCUT2D eigenvalue weighted by Crippen LogP contribution is 2.37. The molecule has 10 heteroatoms. The Bertz CT molecular complexity index is 957. The van der Waals surface area contributed by atoms with Gasteiger partial charge < -0.3 is 14.2 Å². The lowest BCUT2D eigenvalue weighted by Gasteiger charge is -2.34. The van der Waals surface area contributed by atoms with Crippen LogP contribution < -0.4 is 0 Å². The summed E-state index contributed by atoms with van der Waals surface area (Å²) in [4.78, 5) is 27.9. The first kappa shape index (κ1) is 30.0. The average molecular weight is 529 g/mol. The Morgan fingerprint density at radius 3 is 2.39 bits per heavy atom. The van der Waals surface area contributed by atoms with Crippen LogP contribution in [0.4, 0.5) is 13.6 Å². The third-order valence-electron chi connectivity index (χ3n) is 5.66. The largest absolute Gasteiger partial charge is 0.459 e. The van der Waals surface area contributed by atoms with Gasteiger partial charge in [0.25, 0.3) is 5.92 Å². The van der Waals surface area contributed by atoms with Crippen molar-refractivity contribution < 1.29 is 32.6 Å². The summed E-state index contributed by atoms with van der Waals surface area (Å²) in [5.41, 5.74) is -1.22. The highest BCUT2D eigenvalue weighted by Gasteiger charge is 2.58. The van der Waals surface area contributed by atoms with E-state index in [4.69, 9.17) is 14.2 Å². The lowest BCUT2D eigenvalue weighted by atomic mass is 10.1. The fourth-order valence-electron chi connectivity index (χ4n) is 3.90. The quantitative estimate of drug-likeness (QED) is 0.430. The monoisotopic (exact) mass is 528 g/mol. The second-order valence-electron chi connectivity index (χ2n) is 10.1. The molecule has 1 fully saturated rings. The summed E-state index contributed by atoms with van der Waals surface area (Å²) in [7, 11) is 0. The number of nitrogens with zero attached hydrogens (tertiary/aromatic N) is 2. The van der Waals surface area contributed by atoms with Crippen LogP contribution in [0.2, 0.25) is 0 Å². The van der Waals surface area contributed by atoms with Gasteiger partial charge in [-0.15, -0.1) is 11.2 Å². The van der Waals surface area contributed by atoms with Gasteiger partial charge >= 0.3 is 12.1 Å². The van der Waals surface area contributed by atoms with Crippen molar-refractivity contribution in [3.8, 4) is 5.18 Å². The van der Waals surface area contributed by atoms with Gasteiger partial charge in [0.1, 0.15) is 24.3 Å². The molecule has 1 saturated heterocycles. The van der Waals surface area contributed by atoms with E-state index in [-0.39, 0.29) is 26.3 Å². The summed E-state index contributed by atoms with van der Waals surface area (Å²) in [5.74, 6) is -3.73. The van der Waals surface area contributed by atoms with E-state index in [9.17, 15) is 9.59 Å². The third kappa shape index (κ3) is 8.13. The smallest absolute Gasteiger partial charge is 0.411 e. The Kier molecular flexibility index (Phi) is 10.3. The van der Waals surface area contributed by atoms with E-state index in [1.165, 1.54) is 0 Å². The summed E-state index contributed by atoms with van der Waals surface area (Å²) in [5, 5.41) is 2.94. The first-order chi connectivity index (χ1) is 16.7. The second kappa shape index (κ2) is 12.3. The summed E-state index contributed by atoms with van der Waals surface area (Å²) in [6.45, 7) is 9.80. The fraction of sp³-hybridized carbons (Fsp3) is 0.654. The molecule has 0 spiro atoms. The Hall–Kier alpha value is -2.26. The summed E-state index contributed by atoms with van der Waals surface area (Å²) in [6.07, 6.45) is 0.912. The molecule has 1 aliphatic rings. The van der Waals surface area contributed by atoms with Gasteiger partial charge in [0.2, 0.25) is 0 Å². The van der Waals surface area contributed by atoms with Gasteiger partial charge in [0.05, 0.1) is 13.2 Å². The maximum atomic E-state index is 15.3. The lowest BCUT2D eigenvalue weighted by molar-refractivity contribution is -0.170. The molecular formula is C26H38F2N2O5S. The fourth-order valence-corrected chi connectivity index (χ4v) is 4.40. The number of hydrogen-bond donors (Lipinski definition) is 0. The standard InChI is InChI=1S/C26H38F2N2O5S/c1-8-29(14-15-34-25(5,6)22(31)33-16-19-12-10-9-11-13-19)21-20(17-36-7)30(18-26(21,27)28)23(32)35-24(2,3)4/h9-13,20-21H,8,14-16,18H2,1-7H3/t20-,21+/m0/s1. The van der Waals surface area contributed by atoms with E-state index < -0.39 is 47.8 Å². The number of rotatable bonds is 9. The van der Waals surface area contributed by atoms with Crippen LogP contribution in [0, 0.1) is 5.18 Å². The molecule has 0 aromatic heterocycles. The zero-order chi connectivity index (χ0) is 27.1. The zero-order valence-corrected chi connectivity index (χ0v) is 23.0. The van der Waals surface area contributed by atoms with Crippen molar-refractivity contribution in [3.63, 3.8) is 0 Å². The van der Waals surface area contributed by atoms with E-state index in [1.807, 2.05) is 30.3 Å². The predicted octanol–water partition coefficient (Wildman–Crippen LogP) is 4.79. The molecule has 36 heavy (non-hydrogen) atoms. The number of amides is 1. The number of alkyl halides is 2. The van der Waals surface area contributed by atoms with Gasteiger partial charge in [-0.1, -0.05) is 42.4 Å². The lowest BCUT2D eigenvalue weighted by Crippen LogP contribution is -2.53. The number of ether oxygens (including phenoxy) is 3. The van der Waals surface area contributed by atoms with Crippen LogP contribution >= 0.6 is 11.2 Å². The van der Waals surface area contributed by atoms with Crippen LogP contribution in [-0.4, -0.2) is 83.6 Å². The molecule has 0 unspecified atom stereocenters. The third-order valence-corrected chi connectivity index (χ3v) is 6.14. The van der Waals surface area contributed by atoms with Crippen molar-refractivity contribution in [3.05, 3.63) is 35.9 Å². The Labute approximate surface area is 216 Å². The van der Waals surface area contributed by atoms with Crippen LogP contribution in [0.15, 0.2) is 30.3 Å². The summed E-state index contributed by atoms with van der Waals surface area (Å²) < 4.78 is 47.0. The molecule has 0 bridgehead atoms. The molecule has 2 atom stereocenters. The van der Waals surface area contributed by atoms with Gasteiger partial charge in [-0.25, -0.2) is 18.4 Å². The number of halogens is 2. The molecule has 0 aliphatic carbocycles. The number of hydrogen-bond acceptors (Lipinski definition) is 6. The number of carbonyl (C=O) groups excluding carboxylic acids is 2. The minimum Gasteiger partial charge on any atom is -0.459 e. The molecule has 0 N–H and O–H groups in total. The average Bonchev–Trinajstić information content (AvgIpc) is 3.05. The Morgan fingerprint density at radius 1 is 1.19 bits per heavy atom. The predicted molar refractivity (Wildman–Crippen MR) is 136 cm³/mol. The first-order valence-electron chi connectivity index (χ1n) is 12.0. The molecule has 1 amide bonds. The number of benzene rings is 1. The van der Waals surface area contributed by atoms with Crippen molar-refractivity contribution in [1.82, 2.24) is 9.80 Å². The molecule has 1 aromatic carbocycles. The van der Waals surface area contributed by atoms with Gasteiger partial charge in [-0.05, 0) is 46.7 Å². The van der Waals surface area contributed by atoms with Gasteiger partial charge in [0, 0.05) is 12.8 Å². The van der Waals surface area contributed by atoms with Crippen LogP contribution in [0.5, 0.6) is 0 Å². The van der Waals surface area contributed by atoms with Crippen LogP contribution in [-0.2, 0) is 25.6 Å². The zero-order valence-electron chi connectivity index (χ0n) is 22.2. The van der Waals surface area contributed by atoms with E-state index in [0.29, 0.717) is 0 Å². The topological polar surface area (TPSA) is 68.3 Å². The van der Waals surface area contributed by atoms with E-state index in [2.05, 4.69) is 5.18 Å². The van der Waals surface area contributed by atoms with E-state index >= 15 is 8.78 Å². The van der Waals surface area contributed by atoms with Crippen molar-refractivity contribution in [2.45, 2.75) is 77.4 Å².